The van der Waals surface area contributed by atoms with Crippen molar-refractivity contribution in [3.05, 3.63) is 95.1 Å². The summed E-state index contributed by atoms with van der Waals surface area (Å²) in [5.74, 6) is 1.36. The van der Waals surface area contributed by atoms with E-state index < -0.39 is 6.04 Å². The van der Waals surface area contributed by atoms with E-state index in [0.717, 1.165) is 59.4 Å². The Bertz CT molecular complexity index is 1250. The second kappa shape index (κ2) is 12.8. The predicted molar refractivity (Wildman–Crippen MR) is 152 cm³/mol. The first-order valence-electron chi connectivity index (χ1n) is 14.1. The van der Waals surface area contributed by atoms with Gasteiger partial charge in [0.1, 0.15) is 19.3 Å². The molecule has 6 nitrogen and oxygen atoms in total. The van der Waals surface area contributed by atoms with Gasteiger partial charge in [-0.2, -0.15) is 0 Å². The van der Waals surface area contributed by atoms with E-state index in [-0.39, 0.29) is 17.9 Å². The molecule has 1 fully saturated rings. The van der Waals surface area contributed by atoms with E-state index in [9.17, 15) is 9.59 Å². The molecule has 0 unspecified atom stereocenters. The zero-order chi connectivity index (χ0) is 27.0. The first-order chi connectivity index (χ1) is 19.0. The van der Waals surface area contributed by atoms with Crippen LogP contribution in [0.4, 0.5) is 0 Å². The average molecular weight is 527 g/mol. The molecule has 2 aliphatic rings. The Labute approximate surface area is 231 Å². The predicted octanol–water partition coefficient (Wildman–Crippen LogP) is 5.40. The fraction of sp³-hybridized carbons (Fsp3) is 0.394. The molecular weight excluding hydrogens is 488 g/mol. The number of carbonyl (C=O) groups is 2. The number of amides is 2. The minimum atomic E-state index is -0.595. The third-order valence-electron chi connectivity index (χ3n) is 7.68. The van der Waals surface area contributed by atoms with Crippen molar-refractivity contribution >= 4 is 11.8 Å². The molecule has 0 bridgehead atoms. The highest BCUT2D eigenvalue weighted by Gasteiger charge is 2.32. The highest BCUT2D eigenvalue weighted by molar-refractivity contribution is 5.88. The Kier molecular flexibility index (Phi) is 8.82. The molecular formula is C33H38N2O4. The van der Waals surface area contributed by atoms with Crippen LogP contribution in [0.5, 0.6) is 11.5 Å². The molecule has 39 heavy (non-hydrogen) atoms. The number of rotatable bonds is 10. The lowest BCUT2D eigenvalue weighted by molar-refractivity contribution is -0.141. The van der Waals surface area contributed by atoms with Crippen LogP contribution in [-0.4, -0.2) is 42.0 Å². The summed E-state index contributed by atoms with van der Waals surface area (Å²) in [7, 11) is 0. The van der Waals surface area contributed by atoms with Crippen LogP contribution in [0.2, 0.25) is 0 Å². The molecule has 0 spiro atoms. The summed E-state index contributed by atoms with van der Waals surface area (Å²) in [6, 6.07) is 23.6. The SMILES string of the molecule is Cc1ccc(CN(C(=O)CCc2ccc3c(c2)OCCO3)[C@@H](Cc2ccccc2)C(=O)NC2CCCC2)cc1. The number of hydrogen-bond donors (Lipinski definition) is 1. The van der Waals surface area contributed by atoms with Crippen LogP contribution >= 0.6 is 0 Å². The average Bonchev–Trinajstić information content (AvgIpc) is 3.48. The molecule has 0 aromatic heterocycles. The number of hydrogen-bond acceptors (Lipinski definition) is 4. The van der Waals surface area contributed by atoms with Gasteiger partial charge in [-0.1, -0.05) is 79.1 Å². The van der Waals surface area contributed by atoms with Gasteiger partial charge in [0.2, 0.25) is 11.8 Å². The third-order valence-corrected chi connectivity index (χ3v) is 7.68. The molecule has 6 heteroatoms. The van der Waals surface area contributed by atoms with Crippen LogP contribution in [0, 0.1) is 6.92 Å². The van der Waals surface area contributed by atoms with Gasteiger partial charge in [-0.3, -0.25) is 9.59 Å². The van der Waals surface area contributed by atoms with Gasteiger partial charge < -0.3 is 19.7 Å². The number of fused-ring (bicyclic) bond motifs is 1. The van der Waals surface area contributed by atoms with Gasteiger partial charge in [0.25, 0.3) is 0 Å². The van der Waals surface area contributed by atoms with Crippen molar-refractivity contribution in [1.82, 2.24) is 10.2 Å². The Morgan fingerprint density at radius 3 is 2.31 bits per heavy atom. The number of ether oxygens (including phenoxy) is 2. The van der Waals surface area contributed by atoms with Crippen molar-refractivity contribution in [2.45, 2.75) is 70.5 Å². The Morgan fingerprint density at radius 2 is 1.56 bits per heavy atom. The lowest BCUT2D eigenvalue weighted by Gasteiger charge is -2.32. The molecule has 204 valence electrons. The number of nitrogens with zero attached hydrogens (tertiary/aromatic N) is 1. The highest BCUT2D eigenvalue weighted by Crippen LogP contribution is 2.31. The first kappa shape index (κ1) is 26.8. The lowest BCUT2D eigenvalue weighted by Crippen LogP contribution is -2.52. The maximum atomic E-state index is 13.9. The molecule has 1 saturated carbocycles. The number of benzene rings is 3. The number of carbonyl (C=O) groups excluding carboxylic acids is 2. The van der Waals surface area contributed by atoms with E-state index in [0.29, 0.717) is 39.0 Å². The summed E-state index contributed by atoms with van der Waals surface area (Å²) in [5.41, 5.74) is 4.23. The summed E-state index contributed by atoms with van der Waals surface area (Å²) in [6.45, 7) is 3.50. The van der Waals surface area contributed by atoms with Crippen molar-refractivity contribution in [2.24, 2.45) is 0 Å². The zero-order valence-corrected chi connectivity index (χ0v) is 22.7. The quantitative estimate of drug-likeness (QED) is 0.384. The van der Waals surface area contributed by atoms with E-state index in [2.05, 4.69) is 17.4 Å². The van der Waals surface area contributed by atoms with Gasteiger partial charge in [-0.05, 0) is 55.0 Å². The van der Waals surface area contributed by atoms with Crippen LogP contribution in [0.3, 0.4) is 0 Å². The molecule has 3 aromatic carbocycles. The molecule has 1 aliphatic carbocycles. The summed E-state index contributed by atoms with van der Waals surface area (Å²) < 4.78 is 11.4. The van der Waals surface area contributed by atoms with E-state index in [4.69, 9.17) is 9.47 Å². The normalized spacial score (nSPS) is 15.5. The first-order valence-corrected chi connectivity index (χ1v) is 14.1. The minimum Gasteiger partial charge on any atom is -0.486 e. The molecule has 0 saturated heterocycles. The van der Waals surface area contributed by atoms with Crippen LogP contribution in [0.15, 0.2) is 72.8 Å². The number of aryl methyl sites for hydroxylation is 2. The van der Waals surface area contributed by atoms with Crippen LogP contribution in [-0.2, 0) is 29.0 Å². The maximum Gasteiger partial charge on any atom is 0.243 e. The Hall–Kier alpha value is -3.80. The van der Waals surface area contributed by atoms with Gasteiger partial charge in [-0.15, -0.1) is 0 Å². The largest absolute Gasteiger partial charge is 0.486 e. The second-order valence-corrected chi connectivity index (χ2v) is 10.7. The summed E-state index contributed by atoms with van der Waals surface area (Å²) in [5, 5.41) is 3.27. The molecule has 1 heterocycles. The standard InChI is InChI=1S/C33H38N2O4/c1-24-11-13-27(14-12-24)23-35(32(36)18-16-26-15-17-30-31(22-26)39-20-19-38-30)29(21-25-7-3-2-4-8-25)33(37)34-28-9-5-6-10-28/h2-4,7-8,11-15,17,22,28-29H,5-6,9-10,16,18-21,23H2,1H3,(H,34,37)/t29-/m0/s1. The third kappa shape index (κ3) is 7.20. The maximum absolute atomic E-state index is 13.9. The van der Waals surface area contributed by atoms with Crippen molar-refractivity contribution in [2.75, 3.05) is 13.2 Å². The minimum absolute atomic E-state index is 0.0343. The molecule has 2 amide bonds. The smallest absolute Gasteiger partial charge is 0.243 e. The van der Waals surface area contributed by atoms with E-state index >= 15 is 0 Å². The van der Waals surface area contributed by atoms with Gasteiger partial charge in [-0.25, -0.2) is 0 Å². The second-order valence-electron chi connectivity index (χ2n) is 10.7. The Morgan fingerprint density at radius 1 is 0.872 bits per heavy atom. The highest BCUT2D eigenvalue weighted by atomic mass is 16.6. The molecule has 1 aliphatic heterocycles. The van der Waals surface area contributed by atoms with Crippen molar-refractivity contribution < 1.29 is 19.1 Å². The van der Waals surface area contributed by atoms with E-state index in [1.165, 1.54) is 0 Å². The van der Waals surface area contributed by atoms with Crippen LogP contribution in [0.1, 0.15) is 54.4 Å². The van der Waals surface area contributed by atoms with Gasteiger partial charge in [0.05, 0.1) is 0 Å². The summed E-state index contributed by atoms with van der Waals surface area (Å²) in [6.07, 6.45) is 5.60. The summed E-state index contributed by atoms with van der Waals surface area (Å²) in [4.78, 5) is 29.5. The molecule has 5 rings (SSSR count). The fourth-order valence-electron chi connectivity index (χ4n) is 5.45. The Balaban J connectivity index is 1.39. The topological polar surface area (TPSA) is 67.9 Å². The molecule has 1 atom stereocenters. The fourth-order valence-corrected chi connectivity index (χ4v) is 5.45. The van der Waals surface area contributed by atoms with Gasteiger partial charge in [0, 0.05) is 25.4 Å². The molecule has 1 N–H and O–H groups in total. The van der Waals surface area contributed by atoms with Crippen LogP contribution < -0.4 is 14.8 Å². The van der Waals surface area contributed by atoms with E-state index in [1.54, 1.807) is 4.90 Å². The van der Waals surface area contributed by atoms with Gasteiger partial charge in [0.15, 0.2) is 11.5 Å². The van der Waals surface area contributed by atoms with Crippen molar-refractivity contribution in [3.8, 4) is 11.5 Å². The summed E-state index contributed by atoms with van der Waals surface area (Å²) >= 11 is 0. The molecule has 0 radical (unpaired) electrons. The number of nitrogens with one attached hydrogen (secondary N) is 1. The molecule has 3 aromatic rings. The van der Waals surface area contributed by atoms with Gasteiger partial charge >= 0.3 is 0 Å². The lowest BCUT2D eigenvalue weighted by atomic mass is 10.0. The van der Waals surface area contributed by atoms with Crippen LogP contribution in [0.25, 0.3) is 0 Å². The van der Waals surface area contributed by atoms with Crippen molar-refractivity contribution in [3.63, 3.8) is 0 Å². The van der Waals surface area contributed by atoms with Crippen molar-refractivity contribution in [1.29, 1.82) is 0 Å². The zero-order valence-electron chi connectivity index (χ0n) is 22.7. The van der Waals surface area contributed by atoms with E-state index in [1.807, 2.05) is 67.6 Å². The monoisotopic (exact) mass is 526 g/mol.